The summed E-state index contributed by atoms with van der Waals surface area (Å²) in [5.74, 6) is 0.920. The number of aromatic nitrogens is 2. The van der Waals surface area contributed by atoms with Crippen LogP contribution in [0.2, 0.25) is 0 Å². The van der Waals surface area contributed by atoms with Crippen molar-refractivity contribution in [3.63, 3.8) is 0 Å². The molecule has 0 aliphatic rings. The van der Waals surface area contributed by atoms with Gasteiger partial charge in [0.25, 0.3) is 0 Å². The molecule has 0 aromatic carbocycles. The Balaban J connectivity index is 2.44. The highest BCUT2D eigenvalue weighted by atomic mass is 16.5. The maximum absolute atomic E-state index is 6.11. The van der Waals surface area contributed by atoms with Crippen LogP contribution in [0, 0.1) is 0 Å². The minimum Gasteiger partial charge on any atom is -0.394 e. The van der Waals surface area contributed by atoms with Gasteiger partial charge in [-0.3, -0.25) is 4.68 Å². The van der Waals surface area contributed by atoms with E-state index in [9.17, 15) is 0 Å². The second-order valence-corrected chi connectivity index (χ2v) is 4.81. The third-order valence-electron chi connectivity index (χ3n) is 3.11. The number of rotatable bonds is 9. The summed E-state index contributed by atoms with van der Waals surface area (Å²) in [5.41, 5.74) is 7.88. The number of nitrogens with two attached hydrogens (primary N) is 1. The molecule has 3 N–H and O–H groups in total. The quantitative estimate of drug-likeness (QED) is 0.698. The number of likely N-dealkylation sites (N-methyl/N-ethyl adjacent to an activating group) is 1. The molecule has 0 unspecified atom stereocenters. The Bertz CT molecular complexity index is 377. The first-order valence-electron chi connectivity index (χ1n) is 6.82. The third kappa shape index (κ3) is 4.72. The van der Waals surface area contributed by atoms with Gasteiger partial charge in [0.2, 0.25) is 0 Å². The molecule has 0 amide bonds. The van der Waals surface area contributed by atoms with E-state index in [1.165, 1.54) is 0 Å². The largest absolute Gasteiger partial charge is 0.394 e. The number of aryl methyl sites for hydroxylation is 2. The van der Waals surface area contributed by atoms with Gasteiger partial charge in [-0.25, -0.2) is 0 Å². The summed E-state index contributed by atoms with van der Waals surface area (Å²) in [6.07, 6.45) is 1.98. The number of nitrogens with zero attached hydrogens (tertiary/aromatic N) is 3. The van der Waals surface area contributed by atoms with Gasteiger partial charge in [0.1, 0.15) is 5.82 Å². The predicted octanol–water partition coefficient (Wildman–Crippen LogP) is 0.945. The SMILES string of the molecule is CCCc1nn(C)c(NCCN(C)CCOC)c1N. The number of nitrogens with one attached hydrogen (secondary N) is 1. The topological polar surface area (TPSA) is 68.3 Å². The second-order valence-electron chi connectivity index (χ2n) is 4.81. The van der Waals surface area contributed by atoms with Crippen LogP contribution in [0.3, 0.4) is 0 Å². The van der Waals surface area contributed by atoms with Crippen molar-refractivity contribution < 1.29 is 4.74 Å². The van der Waals surface area contributed by atoms with Crippen LogP contribution in [0.1, 0.15) is 19.0 Å². The van der Waals surface area contributed by atoms with E-state index in [2.05, 4.69) is 29.3 Å². The molecule has 110 valence electrons. The zero-order valence-electron chi connectivity index (χ0n) is 12.6. The molecule has 1 aromatic heterocycles. The van der Waals surface area contributed by atoms with Crippen LogP contribution < -0.4 is 11.1 Å². The average molecular weight is 269 g/mol. The van der Waals surface area contributed by atoms with E-state index < -0.39 is 0 Å². The lowest BCUT2D eigenvalue weighted by molar-refractivity contribution is 0.163. The molecule has 6 heteroatoms. The van der Waals surface area contributed by atoms with Crippen molar-refractivity contribution in [1.29, 1.82) is 0 Å². The molecule has 0 spiro atoms. The number of nitrogen functional groups attached to an aromatic ring is 1. The van der Waals surface area contributed by atoms with Crippen molar-refractivity contribution in [1.82, 2.24) is 14.7 Å². The minimum absolute atomic E-state index is 0.755. The number of ether oxygens (including phenoxy) is 1. The number of methoxy groups -OCH3 is 1. The normalized spacial score (nSPS) is 11.2. The van der Waals surface area contributed by atoms with Gasteiger partial charge in [0, 0.05) is 33.8 Å². The summed E-state index contributed by atoms with van der Waals surface area (Å²) in [4.78, 5) is 2.22. The summed E-state index contributed by atoms with van der Waals surface area (Å²) >= 11 is 0. The van der Waals surface area contributed by atoms with Crippen molar-refractivity contribution in [3.05, 3.63) is 5.69 Å². The van der Waals surface area contributed by atoms with Gasteiger partial charge < -0.3 is 20.7 Å². The Kier molecular flexibility index (Phi) is 6.66. The predicted molar refractivity (Wildman–Crippen MR) is 79.5 cm³/mol. The maximum Gasteiger partial charge on any atom is 0.147 e. The Morgan fingerprint density at radius 2 is 2.16 bits per heavy atom. The van der Waals surface area contributed by atoms with Gasteiger partial charge in [0.15, 0.2) is 0 Å². The number of hydrogen-bond donors (Lipinski definition) is 2. The zero-order chi connectivity index (χ0) is 14.3. The first kappa shape index (κ1) is 15.8. The summed E-state index contributed by atoms with van der Waals surface area (Å²) in [7, 11) is 5.72. The fourth-order valence-electron chi connectivity index (χ4n) is 1.95. The van der Waals surface area contributed by atoms with E-state index in [0.717, 1.165) is 56.3 Å². The molecule has 0 aliphatic carbocycles. The molecule has 1 aromatic rings. The Labute approximate surface area is 115 Å². The molecule has 0 saturated carbocycles. The molecule has 6 nitrogen and oxygen atoms in total. The highest BCUT2D eigenvalue weighted by Crippen LogP contribution is 2.22. The third-order valence-corrected chi connectivity index (χ3v) is 3.11. The van der Waals surface area contributed by atoms with E-state index >= 15 is 0 Å². The molecule has 0 bridgehead atoms. The van der Waals surface area contributed by atoms with Crippen molar-refractivity contribution in [2.45, 2.75) is 19.8 Å². The van der Waals surface area contributed by atoms with Crippen LogP contribution >= 0.6 is 0 Å². The molecule has 0 fully saturated rings. The fraction of sp³-hybridized carbons (Fsp3) is 0.769. The molecule has 0 atom stereocenters. The summed E-state index contributed by atoms with van der Waals surface area (Å²) < 4.78 is 6.88. The van der Waals surface area contributed by atoms with Crippen LogP contribution in [-0.4, -0.2) is 55.1 Å². The Hall–Kier alpha value is -1.27. The smallest absolute Gasteiger partial charge is 0.147 e. The average Bonchev–Trinajstić information content (AvgIpc) is 2.64. The Morgan fingerprint density at radius 3 is 2.79 bits per heavy atom. The standard InChI is InChI=1S/C13H27N5O/c1-5-6-11-12(14)13(18(3)16-11)15-7-8-17(2)9-10-19-4/h15H,5-10,14H2,1-4H3. The lowest BCUT2D eigenvalue weighted by Crippen LogP contribution is -2.28. The summed E-state index contributed by atoms with van der Waals surface area (Å²) in [5, 5.41) is 7.80. The van der Waals surface area contributed by atoms with Gasteiger partial charge in [-0.2, -0.15) is 5.10 Å². The Morgan fingerprint density at radius 1 is 1.42 bits per heavy atom. The van der Waals surface area contributed by atoms with E-state index in [0.29, 0.717) is 0 Å². The fourth-order valence-corrected chi connectivity index (χ4v) is 1.95. The lowest BCUT2D eigenvalue weighted by atomic mass is 10.2. The first-order chi connectivity index (χ1) is 9.10. The number of anilines is 2. The van der Waals surface area contributed by atoms with Gasteiger partial charge in [-0.15, -0.1) is 0 Å². The van der Waals surface area contributed by atoms with E-state index in [1.54, 1.807) is 7.11 Å². The van der Waals surface area contributed by atoms with Crippen molar-refractivity contribution in [3.8, 4) is 0 Å². The van der Waals surface area contributed by atoms with Gasteiger partial charge >= 0.3 is 0 Å². The van der Waals surface area contributed by atoms with E-state index in [1.807, 2.05) is 11.7 Å². The van der Waals surface area contributed by atoms with E-state index in [-0.39, 0.29) is 0 Å². The van der Waals surface area contributed by atoms with Crippen LogP contribution in [0.15, 0.2) is 0 Å². The zero-order valence-corrected chi connectivity index (χ0v) is 12.6. The van der Waals surface area contributed by atoms with Crippen molar-refractivity contribution in [2.24, 2.45) is 7.05 Å². The molecule has 1 rings (SSSR count). The summed E-state index contributed by atoms with van der Waals surface area (Å²) in [6.45, 7) is 5.60. The highest BCUT2D eigenvalue weighted by molar-refractivity contribution is 5.65. The van der Waals surface area contributed by atoms with Gasteiger partial charge in [-0.05, 0) is 13.5 Å². The van der Waals surface area contributed by atoms with Crippen molar-refractivity contribution in [2.75, 3.05) is 51.4 Å². The van der Waals surface area contributed by atoms with Crippen LogP contribution in [0.5, 0.6) is 0 Å². The molecule has 0 saturated heterocycles. The molecular formula is C13H27N5O. The van der Waals surface area contributed by atoms with Crippen LogP contribution in [0.25, 0.3) is 0 Å². The molecule has 1 heterocycles. The highest BCUT2D eigenvalue weighted by Gasteiger charge is 2.12. The van der Waals surface area contributed by atoms with E-state index in [4.69, 9.17) is 10.5 Å². The molecule has 0 aliphatic heterocycles. The maximum atomic E-state index is 6.11. The summed E-state index contributed by atoms with van der Waals surface area (Å²) in [6, 6.07) is 0. The van der Waals surface area contributed by atoms with Gasteiger partial charge in [-0.1, -0.05) is 13.3 Å². The van der Waals surface area contributed by atoms with Crippen LogP contribution in [0.4, 0.5) is 11.5 Å². The monoisotopic (exact) mass is 269 g/mol. The molecule has 0 radical (unpaired) electrons. The van der Waals surface area contributed by atoms with Crippen molar-refractivity contribution >= 4 is 11.5 Å². The molecular weight excluding hydrogens is 242 g/mol. The van der Waals surface area contributed by atoms with Gasteiger partial charge in [0.05, 0.1) is 18.0 Å². The lowest BCUT2D eigenvalue weighted by Gasteiger charge is -2.16. The number of hydrogen-bond acceptors (Lipinski definition) is 5. The second kappa shape index (κ2) is 8.01. The van der Waals surface area contributed by atoms with Crippen LogP contribution in [-0.2, 0) is 18.2 Å². The molecule has 19 heavy (non-hydrogen) atoms. The first-order valence-corrected chi connectivity index (χ1v) is 6.82. The minimum atomic E-state index is 0.755.